The number of aldehydes is 1. The molecule has 0 aliphatic heterocycles. The van der Waals surface area contributed by atoms with Crippen LogP contribution < -0.4 is 0 Å². The number of carboxylic acid groups (broad SMARTS) is 1. The first kappa shape index (κ1) is 9.74. The maximum absolute atomic E-state index is 10.4. The van der Waals surface area contributed by atoms with Crippen molar-refractivity contribution in [1.29, 1.82) is 0 Å². The molecule has 0 radical (unpaired) electrons. The van der Waals surface area contributed by atoms with E-state index in [4.69, 9.17) is 16.7 Å². The summed E-state index contributed by atoms with van der Waals surface area (Å²) in [6.07, 6.45) is 0.513. The van der Waals surface area contributed by atoms with Gasteiger partial charge >= 0.3 is 5.97 Å². The lowest BCUT2D eigenvalue weighted by Gasteiger charge is -1.99. The number of aliphatic carboxylic acids is 1. The van der Waals surface area contributed by atoms with Crippen LogP contribution in [0.2, 0.25) is 5.02 Å². The van der Waals surface area contributed by atoms with Gasteiger partial charge in [-0.15, -0.1) is 0 Å². The second-order valence-corrected chi connectivity index (χ2v) is 3.02. The molecule has 4 heteroatoms. The molecule has 0 bridgehead atoms. The van der Waals surface area contributed by atoms with Gasteiger partial charge < -0.3 is 5.11 Å². The number of carbonyl (C=O) groups is 2. The molecule has 0 saturated carbocycles. The molecule has 0 spiro atoms. The van der Waals surface area contributed by atoms with Crippen molar-refractivity contribution in [1.82, 2.24) is 0 Å². The van der Waals surface area contributed by atoms with Crippen molar-refractivity contribution >= 4 is 23.9 Å². The van der Waals surface area contributed by atoms with Crippen LogP contribution in [-0.2, 0) is 11.2 Å². The summed E-state index contributed by atoms with van der Waals surface area (Å²) in [5, 5.41) is 8.87. The zero-order valence-electron chi connectivity index (χ0n) is 6.66. The highest BCUT2D eigenvalue weighted by molar-refractivity contribution is 6.30. The summed E-state index contributed by atoms with van der Waals surface area (Å²) in [5.74, 6) is -0.945. The Kier molecular flexibility index (Phi) is 3.03. The number of carbonyl (C=O) groups excluding carboxylic acids is 1. The van der Waals surface area contributed by atoms with Gasteiger partial charge in [-0.2, -0.15) is 0 Å². The summed E-state index contributed by atoms with van der Waals surface area (Å²) < 4.78 is 0. The molecule has 0 aliphatic carbocycles. The fraction of sp³-hybridized carbons (Fsp3) is 0.111. The summed E-state index contributed by atoms with van der Waals surface area (Å²) >= 11 is 5.66. The standard InChI is InChI=1S/C9H7ClO3/c10-8-2-6(4-9(12)13)1-7(3-8)5-11/h1-3,5H,4H2,(H,12,13). The maximum atomic E-state index is 10.4. The molecule has 1 N–H and O–H groups in total. The van der Waals surface area contributed by atoms with Crippen LogP contribution in [0.15, 0.2) is 18.2 Å². The predicted octanol–water partition coefficient (Wildman–Crippen LogP) is 1.78. The summed E-state index contributed by atoms with van der Waals surface area (Å²) in [6, 6.07) is 4.52. The molecule has 3 nitrogen and oxygen atoms in total. The van der Waals surface area contributed by atoms with Gasteiger partial charge in [-0.1, -0.05) is 11.6 Å². The van der Waals surface area contributed by atoms with E-state index in [-0.39, 0.29) is 6.42 Å². The van der Waals surface area contributed by atoms with Gasteiger partial charge in [0.2, 0.25) is 0 Å². The zero-order valence-corrected chi connectivity index (χ0v) is 7.41. The van der Waals surface area contributed by atoms with Gasteiger partial charge in [0.15, 0.2) is 0 Å². The Morgan fingerprint density at radius 2 is 2.15 bits per heavy atom. The second kappa shape index (κ2) is 4.05. The molecule has 13 heavy (non-hydrogen) atoms. The third-order valence-electron chi connectivity index (χ3n) is 1.47. The normalized spacial score (nSPS) is 9.62. The Balaban J connectivity index is 3.01. The van der Waals surface area contributed by atoms with Crippen LogP contribution in [0.3, 0.4) is 0 Å². The van der Waals surface area contributed by atoms with Gasteiger partial charge in [0.25, 0.3) is 0 Å². The van der Waals surface area contributed by atoms with Gasteiger partial charge in [0.1, 0.15) is 6.29 Å². The minimum atomic E-state index is -0.945. The van der Waals surface area contributed by atoms with Crippen LogP contribution >= 0.6 is 11.6 Å². The minimum absolute atomic E-state index is 0.124. The van der Waals surface area contributed by atoms with Crippen molar-refractivity contribution in [3.8, 4) is 0 Å². The van der Waals surface area contributed by atoms with Crippen LogP contribution in [0.5, 0.6) is 0 Å². The van der Waals surface area contributed by atoms with E-state index in [1.165, 1.54) is 18.2 Å². The van der Waals surface area contributed by atoms with Gasteiger partial charge in [-0.25, -0.2) is 0 Å². The average Bonchev–Trinajstić information content (AvgIpc) is 2.01. The van der Waals surface area contributed by atoms with E-state index in [1.807, 2.05) is 0 Å². The molecule has 68 valence electrons. The Morgan fingerprint density at radius 3 is 2.69 bits per heavy atom. The Bertz CT molecular complexity index is 347. The van der Waals surface area contributed by atoms with E-state index in [1.54, 1.807) is 0 Å². The molecule has 1 aromatic rings. The van der Waals surface area contributed by atoms with E-state index in [0.29, 0.717) is 22.4 Å². The lowest BCUT2D eigenvalue weighted by Crippen LogP contribution is -2.00. The molecule has 0 heterocycles. The Labute approximate surface area is 79.9 Å². The molecule has 0 saturated heterocycles. The Morgan fingerprint density at radius 1 is 1.46 bits per heavy atom. The van der Waals surface area contributed by atoms with Crippen molar-refractivity contribution in [2.75, 3.05) is 0 Å². The van der Waals surface area contributed by atoms with E-state index >= 15 is 0 Å². The fourth-order valence-electron chi connectivity index (χ4n) is 1.02. The lowest BCUT2D eigenvalue weighted by atomic mass is 10.1. The van der Waals surface area contributed by atoms with Gasteiger partial charge in [-0.3, -0.25) is 9.59 Å². The van der Waals surface area contributed by atoms with Crippen LogP contribution in [0.25, 0.3) is 0 Å². The van der Waals surface area contributed by atoms with Crippen LogP contribution in [0.4, 0.5) is 0 Å². The van der Waals surface area contributed by atoms with Gasteiger partial charge in [-0.05, 0) is 23.8 Å². The van der Waals surface area contributed by atoms with Crippen LogP contribution in [0.1, 0.15) is 15.9 Å². The largest absolute Gasteiger partial charge is 0.481 e. The third-order valence-corrected chi connectivity index (χ3v) is 1.69. The fourth-order valence-corrected chi connectivity index (χ4v) is 1.29. The first-order valence-corrected chi connectivity index (χ1v) is 3.96. The first-order valence-electron chi connectivity index (χ1n) is 3.58. The predicted molar refractivity (Wildman–Crippen MR) is 48.2 cm³/mol. The smallest absolute Gasteiger partial charge is 0.307 e. The SMILES string of the molecule is O=Cc1cc(Cl)cc(CC(=O)O)c1. The highest BCUT2D eigenvalue weighted by atomic mass is 35.5. The monoisotopic (exact) mass is 198 g/mol. The van der Waals surface area contributed by atoms with Gasteiger partial charge in [0, 0.05) is 10.6 Å². The molecule has 0 aromatic heterocycles. The van der Waals surface area contributed by atoms with Crippen molar-refractivity contribution in [2.45, 2.75) is 6.42 Å². The quantitative estimate of drug-likeness (QED) is 0.754. The topological polar surface area (TPSA) is 54.4 Å². The molecular weight excluding hydrogens is 192 g/mol. The average molecular weight is 199 g/mol. The van der Waals surface area contributed by atoms with Gasteiger partial charge in [0.05, 0.1) is 6.42 Å². The molecule has 0 fully saturated rings. The summed E-state index contributed by atoms with van der Waals surface area (Å²) in [4.78, 5) is 20.7. The van der Waals surface area contributed by atoms with E-state index in [9.17, 15) is 9.59 Å². The summed E-state index contributed by atoms with van der Waals surface area (Å²) in [6.45, 7) is 0. The number of carboxylic acids is 1. The summed E-state index contributed by atoms with van der Waals surface area (Å²) in [5.41, 5.74) is 0.922. The van der Waals surface area contributed by atoms with Crippen molar-refractivity contribution in [2.24, 2.45) is 0 Å². The number of rotatable bonds is 3. The molecular formula is C9H7ClO3. The number of hydrogen-bond donors (Lipinski definition) is 1. The molecule has 0 aliphatic rings. The molecule has 1 rings (SSSR count). The van der Waals surface area contributed by atoms with Crippen LogP contribution in [-0.4, -0.2) is 17.4 Å². The highest BCUT2D eigenvalue weighted by Crippen LogP contribution is 2.14. The first-order chi connectivity index (χ1) is 6.11. The molecule has 1 aromatic carbocycles. The lowest BCUT2D eigenvalue weighted by molar-refractivity contribution is -0.136. The number of benzene rings is 1. The minimum Gasteiger partial charge on any atom is -0.481 e. The molecule has 0 unspecified atom stereocenters. The number of halogens is 1. The van der Waals surface area contributed by atoms with Crippen LogP contribution in [0, 0.1) is 0 Å². The van der Waals surface area contributed by atoms with E-state index < -0.39 is 5.97 Å². The van der Waals surface area contributed by atoms with Crippen molar-refractivity contribution in [3.63, 3.8) is 0 Å². The molecule has 0 atom stereocenters. The third kappa shape index (κ3) is 2.87. The second-order valence-electron chi connectivity index (χ2n) is 2.58. The van der Waals surface area contributed by atoms with E-state index in [2.05, 4.69) is 0 Å². The number of hydrogen-bond acceptors (Lipinski definition) is 2. The zero-order chi connectivity index (χ0) is 9.84. The van der Waals surface area contributed by atoms with Crippen molar-refractivity contribution < 1.29 is 14.7 Å². The van der Waals surface area contributed by atoms with E-state index in [0.717, 1.165) is 0 Å². The Hall–Kier alpha value is -1.35. The molecule has 0 amide bonds. The summed E-state index contributed by atoms with van der Waals surface area (Å²) in [7, 11) is 0. The maximum Gasteiger partial charge on any atom is 0.307 e. The van der Waals surface area contributed by atoms with Crippen molar-refractivity contribution in [3.05, 3.63) is 34.3 Å². The highest BCUT2D eigenvalue weighted by Gasteiger charge is 2.03.